The molecule has 0 spiro atoms. The highest BCUT2D eigenvalue weighted by atomic mass is 16.5. The summed E-state index contributed by atoms with van der Waals surface area (Å²) in [4.78, 5) is 24.6. The van der Waals surface area contributed by atoms with Gasteiger partial charge in [0, 0.05) is 12.2 Å². The molecular weight excluding hydrogens is 294 g/mol. The van der Waals surface area contributed by atoms with E-state index in [4.69, 9.17) is 4.74 Å². The molecule has 0 saturated heterocycles. The second kappa shape index (κ2) is 9.84. The zero-order chi connectivity index (χ0) is 17.2. The minimum absolute atomic E-state index is 0.0274. The molecule has 0 fully saturated rings. The van der Waals surface area contributed by atoms with Gasteiger partial charge in [-0.2, -0.15) is 0 Å². The molecule has 1 aromatic rings. The van der Waals surface area contributed by atoms with Crippen LogP contribution in [0.5, 0.6) is 5.75 Å². The zero-order valence-electron chi connectivity index (χ0n) is 14.4. The summed E-state index contributed by atoms with van der Waals surface area (Å²) in [5, 5.41) is 5.68. The van der Waals surface area contributed by atoms with Crippen molar-refractivity contribution in [3.05, 3.63) is 24.3 Å². The van der Waals surface area contributed by atoms with Crippen LogP contribution < -0.4 is 20.3 Å². The second-order valence-electron chi connectivity index (χ2n) is 6.12. The first-order valence-electron chi connectivity index (χ1n) is 7.92. The maximum Gasteiger partial charge on any atom is 0.279 e. The van der Waals surface area contributed by atoms with Crippen LogP contribution >= 0.6 is 0 Å². The summed E-state index contributed by atoms with van der Waals surface area (Å²) < 4.78 is 5.07. The van der Waals surface area contributed by atoms with Gasteiger partial charge in [-0.1, -0.05) is 13.8 Å². The monoisotopic (exact) mass is 322 g/mol. The first-order chi connectivity index (χ1) is 10.9. The van der Waals surface area contributed by atoms with E-state index in [1.54, 1.807) is 31.4 Å². The third kappa shape index (κ3) is 8.21. The van der Waals surface area contributed by atoms with Gasteiger partial charge in [0.1, 0.15) is 5.75 Å². The Bertz CT molecular complexity index is 500. The number of hydrogen-bond donors (Lipinski definition) is 3. The molecule has 6 heteroatoms. The molecule has 3 N–H and O–H groups in total. The lowest BCUT2D eigenvalue weighted by Gasteiger charge is -2.14. The van der Waals surface area contributed by atoms with Gasteiger partial charge >= 0.3 is 0 Å². The van der Waals surface area contributed by atoms with Gasteiger partial charge in [-0.3, -0.25) is 9.59 Å². The molecule has 0 heterocycles. The predicted octanol–water partition coefficient (Wildman–Crippen LogP) is 0.311. The molecular formula is C17H28N3O3+. The Morgan fingerprint density at radius 2 is 1.74 bits per heavy atom. The molecule has 23 heavy (non-hydrogen) atoms. The van der Waals surface area contributed by atoms with Gasteiger partial charge in [0.15, 0.2) is 13.1 Å². The van der Waals surface area contributed by atoms with Crippen molar-refractivity contribution in [2.75, 3.05) is 39.1 Å². The van der Waals surface area contributed by atoms with Crippen LogP contribution in [0.1, 0.15) is 20.3 Å². The van der Waals surface area contributed by atoms with Gasteiger partial charge in [0.2, 0.25) is 0 Å². The van der Waals surface area contributed by atoms with E-state index >= 15 is 0 Å². The molecule has 6 nitrogen and oxygen atoms in total. The van der Waals surface area contributed by atoms with Crippen LogP contribution in [0.3, 0.4) is 0 Å². The van der Waals surface area contributed by atoms with E-state index in [9.17, 15) is 9.59 Å². The molecule has 0 radical (unpaired) electrons. The number of carbonyl (C=O) groups excluding carboxylic acids is 2. The fourth-order valence-corrected chi connectivity index (χ4v) is 2.05. The SMILES string of the molecule is COc1ccc(NC(=O)C[NH+](C)CC(=O)NCCC(C)C)cc1. The normalized spacial score (nSPS) is 11.9. The number of nitrogens with one attached hydrogen (secondary N) is 3. The Morgan fingerprint density at radius 3 is 2.30 bits per heavy atom. The number of amides is 2. The highest BCUT2D eigenvalue weighted by molar-refractivity contribution is 5.91. The third-order valence-electron chi connectivity index (χ3n) is 3.34. The smallest absolute Gasteiger partial charge is 0.279 e. The number of hydrogen-bond acceptors (Lipinski definition) is 3. The standard InChI is InChI=1S/C17H27N3O3/c1-13(2)9-10-18-16(21)11-20(3)12-17(22)19-14-5-7-15(23-4)8-6-14/h5-8,13H,9-12H2,1-4H3,(H,18,21)(H,19,22)/p+1. The van der Waals surface area contributed by atoms with Gasteiger partial charge in [0.05, 0.1) is 14.2 Å². The number of benzene rings is 1. The fraction of sp³-hybridized carbons (Fsp3) is 0.529. The third-order valence-corrected chi connectivity index (χ3v) is 3.34. The van der Waals surface area contributed by atoms with Crippen molar-refractivity contribution in [1.29, 1.82) is 0 Å². The first-order valence-corrected chi connectivity index (χ1v) is 7.92. The second-order valence-corrected chi connectivity index (χ2v) is 6.12. The predicted molar refractivity (Wildman–Crippen MR) is 90.7 cm³/mol. The number of likely N-dealkylation sites (N-methyl/N-ethyl adjacent to an activating group) is 1. The number of carbonyl (C=O) groups is 2. The van der Waals surface area contributed by atoms with Crippen molar-refractivity contribution in [2.45, 2.75) is 20.3 Å². The summed E-state index contributed by atoms with van der Waals surface area (Å²) in [5.74, 6) is 1.16. The Labute approximate surface area is 138 Å². The number of ether oxygens (including phenoxy) is 1. The number of anilines is 1. The van der Waals surface area contributed by atoms with Crippen LogP contribution in [0.25, 0.3) is 0 Å². The van der Waals surface area contributed by atoms with Crippen molar-refractivity contribution in [3.8, 4) is 5.75 Å². The van der Waals surface area contributed by atoms with E-state index in [0.29, 0.717) is 18.2 Å². The number of methoxy groups -OCH3 is 1. The molecule has 0 aliphatic carbocycles. The van der Waals surface area contributed by atoms with E-state index in [2.05, 4.69) is 24.5 Å². The molecule has 1 atom stereocenters. The lowest BCUT2D eigenvalue weighted by atomic mass is 10.1. The molecule has 0 aromatic heterocycles. The van der Waals surface area contributed by atoms with E-state index in [-0.39, 0.29) is 24.9 Å². The van der Waals surface area contributed by atoms with Crippen LogP contribution in [0.2, 0.25) is 0 Å². The maximum absolute atomic E-state index is 12.0. The van der Waals surface area contributed by atoms with Crippen molar-refractivity contribution in [1.82, 2.24) is 5.32 Å². The Morgan fingerprint density at radius 1 is 1.13 bits per heavy atom. The topological polar surface area (TPSA) is 71.9 Å². The Balaban J connectivity index is 2.30. The van der Waals surface area contributed by atoms with E-state index in [0.717, 1.165) is 17.1 Å². The minimum atomic E-state index is -0.123. The summed E-state index contributed by atoms with van der Waals surface area (Å²) in [7, 11) is 3.42. The van der Waals surface area contributed by atoms with Crippen molar-refractivity contribution >= 4 is 17.5 Å². The molecule has 1 unspecified atom stereocenters. The largest absolute Gasteiger partial charge is 0.497 e. The average Bonchev–Trinajstić information content (AvgIpc) is 2.47. The molecule has 2 amide bonds. The molecule has 0 saturated carbocycles. The quantitative estimate of drug-likeness (QED) is 0.613. The molecule has 1 aromatic carbocycles. The zero-order valence-corrected chi connectivity index (χ0v) is 14.4. The van der Waals surface area contributed by atoms with Gasteiger partial charge in [-0.25, -0.2) is 0 Å². The summed E-state index contributed by atoms with van der Waals surface area (Å²) >= 11 is 0. The highest BCUT2D eigenvalue weighted by Gasteiger charge is 2.14. The molecule has 0 aliphatic heterocycles. The van der Waals surface area contributed by atoms with Crippen LogP contribution in [0.4, 0.5) is 5.69 Å². The maximum atomic E-state index is 12.0. The molecule has 0 aliphatic rings. The first kappa shape index (κ1) is 19.0. The van der Waals surface area contributed by atoms with Gasteiger partial charge < -0.3 is 20.3 Å². The lowest BCUT2D eigenvalue weighted by Crippen LogP contribution is -3.11. The number of rotatable bonds is 9. The average molecular weight is 322 g/mol. The van der Waals surface area contributed by atoms with Crippen LogP contribution in [-0.4, -0.2) is 45.6 Å². The molecule has 1 rings (SSSR count). The number of quaternary nitrogens is 1. The van der Waals surface area contributed by atoms with Gasteiger partial charge in [0.25, 0.3) is 11.8 Å². The lowest BCUT2D eigenvalue weighted by molar-refractivity contribution is -0.862. The summed E-state index contributed by atoms with van der Waals surface area (Å²) in [6.45, 7) is 5.44. The summed E-state index contributed by atoms with van der Waals surface area (Å²) in [6, 6.07) is 7.14. The molecule has 128 valence electrons. The van der Waals surface area contributed by atoms with Gasteiger partial charge in [-0.15, -0.1) is 0 Å². The van der Waals surface area contributed by atoms with E-state index in [1.165, 1.54) is 0 Å². The Kier molecular flexibility index (Phi) is 8.11. The van der Waals surface area contributed by atoms with E-state index in [1.807, 2.05) is 7.05 Å². The highest BCUT2D eigenvalue weighted by Crippen LogP contribution is 2.14. The molecule has 0 bridgehead atoms. The fourth-order valence-electron chi connectivity index (χ4n) is 2.05. The van der Waals surface area contributed by atoms with Crippen LogP contribution in [0.15, 0.2) is 24.3 Å². The summed E-state index contributed by atoms with van der Waals surface area (Å²) in [5.41, 5.74) is 0.713. The van der Waals surface area contributed by atoms with Gasteiger partial charge in [-0.05, 0) is 36.6 Å². The van der Waals surface area contributed by atoms with Crippen LogP contribution in [0, 0.1) is 5.92 Å². The van der Waals surface area contributed by atoms with Crippen molar-refractivity contribution in [3.63, 3.8) is 0 Å². The minimum Gasteiger partial charge on any atom is -0.497 e. The van der Waals surface area contributed by atoms with Crippen molar-refractivity contribution in [2.24, 2.45) is 5.92 Å². The Hall–Kier alpha value is -2.08. The van der Waals surface area contributed by atoms with E-state index < -0.39 is 0 Å². The van der Waals surface area contributed by atoms with Crippen molar-refractivity contribution < 1.29 is 19.2 Å². The van der Waals surface area contributed by atoms with Crippen LogP contribution in [-0.2, 0) is 9.59 Å². The summed E-state index contributed by atoms with van der Waals surface area (Å²) in [6.07, 6.45) is 0.961.